The van der Waals surface area contributed by atoms with Gasteiger partial charge in [0.25, 0.3) is 0 Å². The molecule has 2 aliphatic heterocycles. The van der Waals surface area contributed by atoms with Gasteiger partial charge in [-0.3, -0.25) is 0 Å². The molecule has 7 heteroatoms. The Labute approximate surface area is 125 Å². The number of hydrogen-bond donors (Lipinski definition) is 0. The van der Waals surface area contributed by atoms with E-state index < -0.39 is 10.0 Å². The van der Waals surface area contributed by atoms with E-state index in [0.29, 0.717) is 30.8 Å². The van der Waals surface area contributed by atoms with Crippen LogP contribution in [0.5, 0.6) is 0 Å². The van der Waals surface area contributed by atoms with Crippen LogP contribution in [0.15, 0.2) is 12.4 Å². The summed E-state index contributed by atoms with van der Waals surface area (Å²) in [5, 5.41) is 0. The molecule has 1 saturated carbocycles. The van der Waals surface area contributed by atoms with Crippen molar-refractivity contribution < 1.29 is 8.42 Å². The standard InChI is InChI=1S/C14H20N4O2S/c1-21(19,20)18-7-11-5-17(6-12(11)8-18)14-4-13(10-2-3-10)15-9-16-14/h4,9-12H,2-3,5-8H2,1H3. The molecule has 0 radical (unpaired) electrons. The Morgan fingerprint density at radius 3 is 2.33 bits per heavy atom. The maximum absolute atomic E-state index is 11.6. The van der Waals surface area contributed by atoms with E-state index in [1.54, 1.807) is 10.6 Å². The first-order valence-corrected chi connectivity index (χ1v) is 9.37. The van der Waals surface area contributed by atoms with E-state index in [9.17, 15) is 8.42 Å². The molecule has 3 aliphatic rings. The van der Waals surface area contributed by atoms with Gasteiger partial charge in [-0.1, -0.05) is 0 Å². The van der Waals surface area contributed by atoms with Crippen molar-refractivity contribution in [2.24, 2.45) is 11.8 Å². The zero-order valence-electron chi connectivity index (χ0n) is 12.1. The number of hydrogen-bond acceptors (Lipinski definition) is 5. The van der Waals surface area contributed by atoms with Crippen LogP contribution in [0, 0.1) is 11.8 Å². The quantitative estimate of drug-likeness (QED) is 0.821. The first kappa shape index (κ1) is 13.5. The van der Waals surface area contributed by atoms with Crippen molar-refractivity contribution in [3.05, 3.63) is 18.1 Å². The van der Waals surface area contributed by atoms with Crippen molar-refractivity contribution in [1.29, 1.82) is 0 Å². The molecule has 0 amide bonds. The van der Waals surface area contributed by atoms with Crippen molar-refractivity contribution in [1.82, 2.24) is 14.3 Å². The predicted molar refractivity (Wildman–Crippen MR) is 79.6 cm³/mol. The van der Waals surface area contributed by atoms with Gasteiger partial charge in [0.05, 0.1) is 6.26 Å². The second-order valence-corrected chi connectivity index (χ2v) is 8.56. The maximum atomic E-state index is 11.6. The SMILES string of the molecule is CS(=O)(=O)N1CC2CN(c3cc(C4CC4)ncn3)CC2C1. The number of aromatic nitrogens is 2. The van der Waals surface area contributed by atoms with Crippen molar-refractivity contribution in [2.45, 2.75) is 18.8 Å². The van der Waals surface area contributed by atoms with E-state index in [4.69, 9.17) is 0 Å². The Bertz CT molecular complexity index is 645. The van der Waals surface area contributed by atoms with E-state index in [2.05, 4.69) is 20.9 Å². The van der Waals surface area contributed by atoms with Gasteiger partial charge in [-0.05, 0) is 24.7 Å². The molecule has 0 aromatic carbocycles. The summed E-state index contributed by atoms with van der Waals surface area (Å²) >= 11 is 0. The minimum Gasteiger partial charge on any atom is -0.356 e. The zero-order valence-corrected chi connectivity index (χ0v) is 13.0. The lowest BCUT2D eigenvalue weighted by Gasteiger charge is -2.21. The van der Waals surface area contributed by atoms with Crippen LogP contribution in [0.3, 0.4) is 0 Å². The van der Waals surface area contributed by atoms with Gasteiger partial charge in [0.2, 0.25) is 10.0 Å². The summed E-state index contributed by atoms with van der Waals surface area (Å²) in [4.78, 5) is 11.1. The third kappa shape index (κ3) is 2.53. The fraction of sp³-hybridized carbons (Fsp3) is 0.714. The van der Waals surface area contributed by atoms with Gasteiger partial charge in [0, 0.05) is 43.9 Å². The molecular weight excluding hydrogens is 288 g/mol. The van der Waals surface area contributed by atoms with Crippen molar-refractivity contribution >= 4 is 15.8 Å². The van der Waals surface area contributed by atoms with Crippen LogP contribution in [0.2, 0.25) is 0 Å². The lowest BCUT2D eigenvalue weighted by molar-refractivity contribution is 0.458. The summed E-state index contributed by atoms with van der Waals surface area (Å²) in [6.07, 6.45) is 5.45. The monoisotopic (exact) mass is 308 g/mol. The van der Waals surface area contributed by atoms with Crippen molar-refractivity contribution in [2.75, 3.05) is 37.3 Å². The van der Waals surface area contributed by atoms with Crippen molar-refractivity contribution in [3.8, 4) is 0 Å². The third-order valence-electron chi connectivity index (χ3n) is 4.92. The summed E-state index contributed by atoms with van der Waals surface area (Å²) in [7, 11) is -3.05. The highest BCUT2D eigenvalue weighted by Crippen LogP contribution is 2.40. The summed E-state index contributed by atoms with van der Waals surface area (Å²) < 4.78 is 24.9. The van der Waals surface area contributed by atoms with Gasteiger partial charge in [-0.2, -0.15) is 0 Å². The highest BCUT2D eigenvalue weighted by molar-refractivity contribution is 7.88. The lowest BCUT2D eigenvalue weighted by Crippen LogP contribution is -2.32. The molecule has 1 aromatic heterocycles. The molecule has 0 spiro atoms. The van der Waals surface area contributed by atoms with Crippen LogP contribution in [0.1, 0.15) is 24.5 Å². The highest BCUT2D eigenvalue weighted by atomic mass is 32.2. The van der Waals surface area contributed by atoms with Gasteiger partial charge < -0.3 is 4.90 Å². The molecule has 0 N–H and O–H groups in total. The van der Waals surface area contributed by atoms with Crippen LogP contribution in [0.25, 0.3) is 0 Å². The molecule has 2 atom stereocenters. The number of fused-ring (bicyclic) bond motifs is 1. The van der Waals surface area contributed by atoms with Gasteiger partial charge in [-0.15, -0.1) is 0 Å². The molecule has 114 valence electrons. The van der Waals surface area contributed by atoms with Crippen LogP contribution in [-0.4, -0.2) is 55.1 Å². The Balaban J connectivity index is 1.48. The Morgan fingerprint density at radius 1 is 1.10 bits per heavy atom. The first-order valence-electron chi connectivity index (χ1n) is 7.53. The van der Waals surface area contributed by atoms with Crippen LogP contribution < -0.4 is 4.90 Å². The van der Waals surface area contributed by atoms with Gasteiger partial charge in [0.15, 0.2) is 0 Å². The van der Waals surface area contributed by atoms with Gasteiger partial charge in [-0.25, -0.2) is 22.7 Å². The molecule has 2 unspecified atom stereocenters. The van der Waals surface area contributed by atoms with Gasteiger partial charge >= 0.3 is 0 Å². The summed E-state index contributed by atoms with van der Waals surface area (Å²) in [5.74, 6) is 2.50. The number of rotatable bonds is 3. The van der Waals surface area contributed by atoms with E-state index in [1.165, 1.54) is 19.1 Å². The summed E-state index contributed by atoms with van der Waals surface area (Å²) in [6.45, 7) is 3.11. The molecule has 0 bridgehead atoms. The highest BCUT2D eigenvalue weighted by Gasteiger charge is 2.43. The average Bonchev–Trinajstić information content (AvgIpc) is 3.07. The van der Waals surface area contributed by atoms with E-state index in [-0.39, 0.29) is 0 Å². The normalized spacial score (nSPS) is 29.9. The molecule has 1 aliphatic carbocycles. The van der Waals surface area contributed by atoms with Crippen LogP contribution in [-0.2, 0) is 10.0 Å². The van der Waals surface area contributed by atoms with E-state index in [0.717, 1.165) is 24.6 Å². The topological polar surface area (TPSA) is 66.4 Å². The number of sulfonamides is 1. The minimum atomic E-state index is -3.05. The summed E-state index contributed by atoms with van der Waals surface area (Å²) in [5.41, 5.74) is 1.16. The minimum absolute atomic E-state index is 0.430. The van der Waals surface area contributed by atoms with Crippen LogP contribution in [0.4, 0.5) is 5.82 Å². The third-order valence-corrected chi connectivity index (χ3v) is 6.15. The maximum Gasteiger partial charge on any atom is 0.211 e. The molecular formula is C14H20N4O2S. The Morgan fingerprint density at radius 2 is 1.76 bits per heavy atom. The van der Waals surface area contributed by atoms with Crippen LogP contribution >= 0.6 is 0 Å². The Kier molecular flexibility index (Phi) is 2.97. The molecule has 4 rings (SSSR count). The van der Waals surface area contributed by atoms with E-state index >= 15 is 0 Å². The average molecular weight is 308 g/mol. The first-order chi connectivity index (χ1) is 10.0. The predicted octanol–water partition coefficient (Wildman–Crippen LogP) is 0.682. The fourth-order valence-electron chi connectivity index (χ4n) is 3.54. The van der Waals surface area contributed by atoms with E-state index in [1.807, 2.05) is 0 Å². The molecule has 6 nitrogen and oxygen atoms in total. The molecule has 3 heterocycles. The lowest BCUT2D eigenvalue weighted by atomic mass is 10.0. The zero-order chi connectivity index (χ0) is 14.6. The van der Waals surface area contributed by atoms with Crippen molar-refractivity contribution in [3.63, 3.8) is 0 Å². The second-order valence-electron chi connectivity index (χ2n) is 6.58. The number of anilines is 1. The molecule has 2 saturated heterocycles. The fourth-order valence-corrected chi connectivity index (χ4v) is 4.47. The Hall–Kier alpha value is -1.21. The molecule has 21 heavy (non-hydrogen) atoms. The molecule has 1 aromatic rings. The smallest absolute Gasteiger partial charge is 0.211 e. The number of nitrogens with zero attached hydrogens (tertiary/aromatic N) is 4. The molecule has 3 fully saturated rings. The van der Waals surface area contributed by atoms with Gasteiger partial charge in [0.1, 0.15) is 12.1 Å². The largest absolute Gasteiger partial charge is 0.356 e. The second kappa shape index (κ2) is 4.64. The summed E-state index contributed by atoms with van der Waals surface area (Å²) in [6, 6.07) is 2.12.